The Labute approximate surface area is 88.3 Å². The molecule has 0 amide bonds. The molecule has 13 heavy (non-hydrogen) atoms. The molecule has 0 saturated heterocycles. The van der Waals surface area contributed by atoms with E-state index in [1.165, 1.54) is 0 Å². The fraction of sp³-hybridized carbons (Fsp3) is 0.400. The standard InChI is InChI=1S/C10H12Cl2O/c1-7-4-8(2-3-10(7)12)5-9(13)6-11/h2-4,9,13H,5-6H2,1H3/t9-/m1/s1. The molecule has 0 radical (unpaired) electrons. The summed E-state index contributed by atoms with van der Waals surface area (Å²) in [5.74, 6) is 0.266. The van der Waals surface area contributed by atoms with Crippen LogP contribution < -0.4 is 0 Å². The molecule has 0 bridgehead atoms. The first-order chi connectivity index (χ1) is 6.13. The van der Waals surface area contributed by atoms with Gasteiger partial charge in [0.2, 0.25) is 0 Å². The molecule has 0 aliphatic carbocycles. The van der Waals surface area contributed by atoms with Gasteiger partial charge in [-0.1, -0.05) is 23.7 Å². The van der Waals surface area contributed by atoms with Crippen molar-refractivity contribution in [3.05, 3.63) is 34.3 Å². The fourth-order valence-electron chi connectivity index (χ4n) is 1.16. The molecule has 0 aliphatic heterocycles. The van der Waals surface area contributed by atoms with Crippen LogP contribution in [0.25, 0.3) is 0 Å². The highest BCUT2D eigenvalue weighted by molar-refractivity contribution is 6.31. The lowest BCUT2D eigenvalue weighted by Crippen LogP contribution is -2.11. The van der Waals surface area contributed by atoms with Gasteiger partial charge in [0.05, 0.1) is 6.10 Å². The zero-order valence-electron chi connectivity index (χ0n) is 7.43. The van der Waals surface area contributed by atoms with Crippen molar-refractivity contribution in [3.63, 3.8) is 0 Å². The highest BCUT2D eigenvalue weighted by Gasteiger charge is 2.04. The molecule has 0 fully saturated rings. The van der Waals surface area contributed by atoms with E-state index in [0.29, 0.717) is 6.42 Å². The SMILES string of the molecule is Cc1cc(C[C@@H](O)CCl)ccc1Cl. The van der Waals surface area contributed by atoms with Gasteiger partial charge in [-0.3, -0.25) is 0 Å². The van der Waals surface area contributed by atoms with E-state index < -0.39 is 6.10 Å². The Bertz CT molecular complexity index is 286. The van der Waals surface area contributed by atoms with Crippen molar-refractivity contribution >= 4 is 23.2 Å². The topological polar surface area (TPSA) is 20.2 Å². The minimum Gasteiger partial charge on any atom is -0.392 e. The molecule has 1 aromatic rings. The summed E-state index contributed by atoms with van der Waals surface area (Å²) < 4.78 is 0. The van der Waals surface area contributed by atoms with Crippen molar-refractivity contribution < 1.29 is 5.11 Å². The van der Waals surface area contributed by atoms with Crippen molar-refractivity contribution in [2.75, 3.05) is 5.88 Å². The molecule has 72 valence electrons. The van der Waals surface area contributed by atoms with Gasteiger partial charge in [0.1, 0.15) is 0 Å². The minimum atomic E-state index is -0.470. The van der Waals surface area contributed by atoms with Crippen LogP contribution in [0, 0.1) is 6.92 Å². The number of aryl methyl sites for hydroxylation is 1. The molecule has 1 N–H and O–H groups in total. The van der Waals surface area contributed by atoms with Crippen LogP contribution >= 0.6 is 23.2 Å². The Balaban J connectivity index is 2.73. The van der Waals surface area contributed by atoms with E-state index in [9.17, 15) is 5.11 Å². The van der Waals surface area contributed by atoms with Crippen LogP contribution in [0.3, 0.4) is 0 Å². The maximum absolute atomic E-state index is 9.31. The summed E-state index contributed by atoms with van der Waals surface area (Å²) in [5, 5.41) is 10.1. The average molecular weight is 219 g/mol. The second kappa shape index (κ2) is 4.85. The number of halogens is 2. The van der Waals surface area contributed by atoms with E-state index in [4.69, 9.17) is 23.2 Å². The first-order valence-corrected chi connectivity index (χ1v) is 5.04. The third kappa shape index (κ3) is 3.18. The van der Waals surface area contributed by atoms with Crippen LogP contribution in [0.5, 0.6) is 0 Å². The Hall–Kier alpha value is -0.240. The van der Waals surface area contributed by atoms with Crippen LogP contribution in [0.2, 0.25) is 5.02 Å². The van der Waals surface area contributed by atoms with Gasteiger partial charge in [0.15, 0.2) is 0 Å². The van der Waals surface area contributed by atoms with Gasteiger partial charge in [-0.25, -0.2) is 0 Å². The monoisotopic (exact) mass is 218 g/mol. The van der Waals surface area contributed by atoms with Crippen molar-refractivity contribution in [1.29, 1.82) is 0 Å². The molecular weight excluding hydrogens is 207 g/mol. The van der Waals surface area contributed by atoms with E-state index in [1.807, 2.05) is 25.1 Å². The predicted molar refractivity (Wildman–Crippen MR) is 56.6 cm³/mol. The quantitative estimate of drug-likeness (QED) is 0.775. The predicted octanol–water partition coefficient (Wildman–Crippen LogP) is 2.79. The number of rotatable bonds is 3. The third-order valence-electron chi connectivity index (χ3n) is 1.87. The number of aliphatic hydroxyl groups is 1. The van der Waals surface area contributed by atoms with E-state index >= 15 is 0 Å². The molecule has 1 atom stereocenters. The van der Waals surface area contributed by atoms with Gasteiger partial charge in [-0.15, -0.1) is 11.6 Å². The van der Waals surface area contributed by atoms with Gasteiger partial charge in [0.25, 0.3) is 0 Å². The summed E-state index contributed by atoms with van der Waals surface area (Å²) in [6.45, 7) is 1.94. The summed E-state index contributed by atoms with van der Waals surface area (Å²) in [6, 6.07) is 5.72. The van der Waals surface area contributed by atoms with Crippen molar-refractivity contribution in [2.24, 2.45) is 0 Å². The Morgan fingerprint density at radius 1 is 1.46 bits per heavy atom. The van der Waals surface area contributed by atoms with Crippen LogP contribution in [0.1, 0.15) is 11.1 Å². The summed E-state index contributed by atoms with van der Waals surface area (Å²) in [4.78, 5) is 0. The van der Waals surface area contributed by atoms with Gasteiger partial charge in [0, 0.05) is 10.9 Å². The van der Waals surface area contributed by atoms with Gasteiger partial charge in [-0.2, -0.15) is 0 Å². The largest absolute Gasteiger partial charge is 0.392 e. The molecule has 1 rings (SSSR count). The zero-order chi connectivity index (χ0) is 9.84. The zero-order valence-corrected chi connectivity index (χ0v) is 8.94. The number of aliphatic hydroxyl groups excluding tert-OH is 1. The van der Waals surface area contributed by atoms with Crippen molar-refractivity contribution in [2.45, 2.75) is 19.4 Å². The average Bonchev–Trinajstić information content (AvgIpc) is 2.11. The molecule has 0 spiro atoms. The maximum Gasteiger partial charge on any atom is 0.0715 e. The van der Waals surface area contributed by atoms with Gasteiger partial charge < -0.3 is 5.11 Å². The third-order valence-corrected chi connectivity index (χ3v) is 2.65. The molecule has 0 aliphatic rings. The van der Waals surface area contributed by atoms with E-state index in [2.05, 4.69) is 0 Å². The molecule has 0 aromatic heterocycles. The smallest absolute Gasteiger partial charge is 0.0715 e. The number of hydrogen-bond donors (Lipinski definition) is 1. The molecule has 3 heteroatoms. The lowest BCUT2D eigenvalue weighted by molar-refractivity contribution is 0.199. The van der Waals surface area contributed by atoms with Gasteiger partial charge in [-0.05, 0) is 30.5 Å². The van der Waals surface area contributed by atoms with Crippen LogP contribution in [-0.4, -0.2) is 17.1 Å². The molecule has 0 saturated carbocycles. The van der Waals surface area contributed by atoms with Crippen LogP contribution in [-0.2, 0) is 6.42 Å². The second-order valence-corrected chi connectivity index (χ2v) is 3.81. The summed E-state index contributed by atoms with van der Waals surface area (Å²) in [6.07, 6.45) is 0.115. The second-order valence-electron chi connectivity index (χ2n) is 3.10. The minimum absolute atomic E-state index is 0.266. The molecule has 1 aromatic carbocycles. The molecule has 1 nitrogen and oxygen atoms in total. The molecule has 0 heterocycles. The first-order valence-electron chi connectivity index (χ1n) is 4.12. The highest BCUT2D eigenvalue weighted by atomic mass is 35.5. The molecular formula is C10H12Cl2O. The lowest BCUT2D eigenvalue weighted by Gasteiger charge is -2.07. The van der Waals surface area contributed by atoms with Crippen LogP contribution in [0.4, 0.5) is 0 Å². The van der Waals surface area contributed by atoms with Crippen LogP contribution in [0.15, 0.2) is 18.2 Å². The lowest BCUT2D eigenvalue weighted by atomic mass is 10.1. The number of benzene rings is 1. The fourth-order valence-corrected chi connectivity index (χ4v) is 1.39. The number of alkyl halides is 1. The Morgan fingerprint density at radius 2 is 2.15 bits per heavy atom. The summed E-state index contributed by atoms with van der Waals surface area (Å²) in [7, 11) is 0. The summed E-state index contributed by atoms with van der Waals surface area (Å²) in [5.41, 5.74) is 2.09. The first kappa shape index (κ1) is 10.8. The highest BCUT2D eigenvalue weighted by Crippen LogP contribution is 2.17. The Kier molecular flexibility index (Phi) is 4.04. The number of hydrogen-bond acceptors (Lipinski definition) is 1. The van der Waals surface area contributed by atoms with E-state index in [0.717, 1.165) is 16.1 Å². The van der Waals surface area contributed by atoms with E-state index in [-0.39, 0.29) is 5.88 Å². The maximum atomic E-state index is 9.31. The van der Waals surface area contributed by atoms with Gasteiger partial charge >= 0.3 is 0 Å². The van der Waals surface area contributed by atoms with Crippen molar-refractivity contribution in [1.82, 2.24) is 0 Å². The van der Waals surface area contributed by atoms with Crippen molar-refractivity contribution in [3.8, 4) is 0 Å². The normalized spacial score (nSPS) is 12.9. The molecule has 0 unspecified atom stereocenters. The Morgan fingerprint density at radius 3 is 2.69 bits per heavy atom. The van der Waals surface area contributed by atoms with E-state index in [1.54, 1.807) is 0 Å². The summed E-state index contributed by atoms with van der Waals surface area (Å²) >= 11 is 11.4.